The van der Waals surface area contributed by atoms with Gasteiger partial charge in [-0.15, -0.1) is 0 Å². The first-order valence-corrected chi connectivity index (χ1v) is 6.49. The van der Waals surface area contributed by atoms with Crippen LogP contribution < -0.4 is 10.2 Å². The molecule has 1 heterocycles. The fourth-order valence-electron chi connectivity index (χ4n) is 2.34. The van der Waals surface area contributed by atoms with Crippen molar-refractivity contribution >= 4 is 5.69 Å². The predicted octanol–water partition coefficient (Wildman–Crippen LogP) is 1.76. The predicted molar refractivity (Wildman–Crippen MR) is 71.3 cm³/mol. The lowest BCUT2D eigenvalue weighted by atomic mass is 10.1. The van der Waals surface area contributed by atoms with Gasteiger partial charge in [0.25, 0.3) is 0 Å². The summed E-state index contributed by atoms with van der Waals surface area (Å²) in [4.78, 5) is 2.46. The quantitative estimate of drug-likeness (QED) is 0.815. The Balaban J connectivity index is 2.00. The lowest BCUT2D eigenvalue weighted by molar-refractivity contribution is 0.191. The summed E-state index contributed by atoms with van der Waals surface area (Å²) in [7, 11) is 0. The summed E-state index contributed by atoms with van der Waals surface area (Å²) in [6, 6.07) is 8.55. The molecule has 2 N–H and O–H groups in total. The SMILES string of the molecule is C[C@@H](O)CNCc1ccccc1N1CCCC1. The summed E-state index contributed by atoms with van der Waals surface area (Å²) in [5.74, 6) is 0. The second kappa shape index (κ2) is 6.03. The Kier molecular flexibility index (Phi) is 4.40. The van der Waals surface area contributed by atoms with Gasteiger partial charge in [-0.3, -0.25) is 0 Å². The van der Waals surface area contributed by atoms with Gasteiger partial charge in [0.1, 0.15) is 0 Å². The van der Waals surface area contributed by atoms with Gasteiger partial charge in [0.15, 0.2) is 0 Å². The minimum atomic E-state index is -0.283. The third-order valence-electron chi connectivity index (χ3n) is 3.19. The molecule has 0 saturated carbocycles. The van der Waals surface area contributed by atoms with Crippen LogP contribution in [0.15, 0.2) is 24.3 Å². The van der Waals surface area contributed by atoms with Crippen molar-refractivity contribution in [2.45, 2.75) is 32.4 Å². The van der Waals surface area contributed by atoms with Crippen LogP contribution in [-0.2, 0) is 6.54 Å². The van der Waals surface area contributed by atoms with E-state index in [-0.39, 0.29) is 6.10 Å². The molecule has 0 spiro atoms. The zero-order chi connectivity index (χ0) is 12.1. The van der Waals surface area contributed by atoms with Crippen molar-refractivity contribution < 1.29 is 5.11 Å². The Morgan fingerprint density at radius 1 is 1.29 bits per heavy atom. The molecule has 1 saturated heterocycles. The van der Waals surface area contributed by atoms with Gasteiger partial charge in [-0.05, 0) is 31.4 Å². The largest absolute Gasteiger partial charge is 0.392 e. The van der Waals surface area contributed by atoms with Gasteiger partial charge in [-0.25, -0.2) is 0 Å². The van der Waals surface area contributed by atoms with E-state index in [1.165, 1.54) is 37.2 Å². The van der Waals surface area contributed by atoms with Crippen molar-refractivity contribution in [2.75, 3.05) is 24.5 Å². The fraction of sp³-hybridized carbons (Fsp3) is 0.571. The maximum absolute atomic E-state index is 9.24. The summed E-state index contributed by atoms with van der Waals surface area (Å²) in [6.45, 7) is 5.63. The Labute approximate surface area is 103 Å². The number of anilines is 1. The van der Waals surface area contributed by atoms with Gasteiger partial charge in [-0.2, -0.15) is 0 Å². The Morgan fingerprint density at radius 3 is 2.71 bits per heavy atom. The molecule has 1 atom stereocenters. The number of aliphatic hydroxyl groups excluding tert-OH is 1. The minimum Gasteiger partial charge on any atom is -0.392 e. The van der Waals surface area contributed by atoms with Gasteiger partial charge in [-0.1, -0.05) is 18.2 Å². The molecule has 94 valence electrons. The first kappa shape index (κ1) is 12.4. The van der Waals surface area contributed by atoms with E-state index in [1.54, 1.807) is 6.92 Å². The van der Waals surface area contributed by atoms with Crippen molar-refractivity contribution in [2.24, 2.45) is 0 Å². The molecule has 1 aromatic carbocycles. The van der Waals surface area contributed by atoms with Crippen LogP contribution in [0.4, 0.5) is 5.69 Å². The zero-order valence-electron chi connectivity index (χ0n) is 10.5. The Hall–Kier alpha value is -1.06. The number of nitrogens with zero attached hydrogens (tertiary/aromatic N) is 1. The molecule has 0 aromatic heterocycles. The monoisotopic (exact) mass is 234 g/mol. The maximum atomic E-state index is 9.24. The number of hydrogen-bond acceptors (Lipinski definition) is 3. The summed E-state index contributed by atoms with van der Waals surface area (Å²) in [6.07, 6.45) is 2.32. The van der Waals surface area contributed by atoms with Crippen molar-refractivity contribution in [3.8, 4) is 0 Å². The summed E-state index contributed by atoms with van der Waals surface area (Å²) < 4.78 is 0. The lowest BCUT2D eigenvalue weighted by Crippen LogP contribution is -2.26. The van der Waals surface area contributed by atoms with Crippen LogP contribution in [0.3, 0.4) is 0 Å². The third kappa shape index (κ3) is 3.45. The standard InChI is InChI=1S/C14H22N2O/c1-12(17)10-15-11-13-6-2-3-7-14(13)16-8-4-5-9-16/h2-3,6-7,12,15,17H,4-5,8-11H2,1H3/t12-/m1/s1. The van der Waals surface area contributed by atoms with Gasteiger partial charge in [0.05, 0.1) is 6.10 Å². The van der Waals surface area contributed by atoms with E-state index in [0.717, 1.165) is 6.54 Å². The molecular formula is C14H22N2O. The number of nitrogens with one attached hydrogen (secondary N) is 1. The smallest absolute Gasteiger partial charge is 0.0636 e. The summed E-state index contributed by atoms with van der Waals surface area (Å²) in [5.41, 5.74) is 2.68. The minimum absolute atomic E-state index is 0.283. The lowest BCUT2D eigenvalue weighted by Gasteiger charge is -2.21. The van der Waals surface area contributed by atoms with Gasteiger partial charge in [0.2, 0.25) is 0 Å². The highest BCUT2D eigenvalue weighted by Gasteiger charge is 2.14. The fourth-order valence-corrected chi connectivity index (χ4v) is 2.34. The van der Waals surface area contributed by atoms with E-state index < -0.39 is 0 Å². The van der Waals surface area contributed by atoms with Gasteiger partial charge >= 0.3 is 0 Å². The molecule has 3 heteroatoms. The molecular weight excluding hydrogens is 212 g/mol. The maximum Gasteiger partial charge on any atom is 0.0636 e. The molecule has 0 radical (unpaired) electrons. The molecule has 1 aromatic rings. The average Bonchev–Trinajstić information content (AvgIpc) is 2.82. The molecule has 0 unspecified atom stereocenters. The topological polar surface area (TPSA) is 35.5 Å². The van der Waals surface area contributed by atoms with Crippen LogP contribution >= 0.6 is 0 Å². The van der Waals surface area contributed by atoms with E-state index >= 15 is 0 Å². The number of aliphatic hydroxyl groups is 1. The molecule has 17 heavy (non-hydrogen) atoms. The van der Waals surface area contributed by atoms with E-state index in [4.69, 9.17) is 0 Å². The van der Waals surface area contributed by atoms with Crippen molar-refractivity contribution in [3.05, 3.63) is 29.8 Å². The van der Waals surface area contributed by atoms with Crippen LogP contribution in [0, 0.1) is 0 Å². The third-order valence-corrected chi connectivity index (χ3v) is 3.19. The first-order valence-electron chi connectivity index (χ1n) is 6.49. The highest BCUT2D eigenvalue weighted by atomic mass is 16.3. The van der Waals surface area contributed by atoms with Gasteiger partial charge in [0, 0.05) is 31.9 Å². The first-order chi connectivity index (χ1) is 8.27. The van der Waals surface area contributed by atoms with Crippen molar-refractivity contribution in [1.29, 1.82) is 0 Å². The Morgan fingerprint density at radius 2 is 2.00 bits per heavy atom. The van der Waals surface area contributed by atoms with E-state index in [2.05, 4.69) is 34.5 Å². The molecule has 1 aliphatic heterocycles. The van der Waals surface area contributed by atoms with Crippen LogP contribution in [0.25, 0.3) is 0 Å². The molecule has 2 rings (SSSR count). The zero-order valence-corrected chi connectivity index (χ0v) is 10.5. The number of rotatable bonds is 5. The van der Waals surface area contributed by atoms with Gasteiger partial charge < -0.3 is 15.3 Å². The second-order valence-electron chi connectivity index (χ2n) is 4.80. The van der Waals surface area contributed by atoms with Crippen LogP contribution in [0.2, 0.25) is 0 Å². The summed E-state index contributed by atoms with van der Waals surface area (Å²) >= 11 is 0. The molecule has 0 aliphatic carbocycles. The molecule has 0 amide bonds. The molecule has 1 fully saturated rings. The van der Waals surface area contributed by atoms with E-state index in [9.17, 15) is 5.11 Å². The number of benzene rings is 1. The number of hydrogen-bond donors (Lipinski definition) is 2. The highest BCUT2D eigenvalue weighted by molar-refractivity contribution is 5.54. The second-order valence-corrected chi connectivity index (χ2v) is 4.80. The van der Waals surface area contributed by atoms with Crippen LogP contribution in [0.5, 0.6) is 0 Å². The average molecular weight is 234 g/mol. The van der Waals surface area contributed by atoms with Crippen LogP contribution in [-0.4, -0.2) is 30.8 Å². The van der Waals surface area contributed by atoms with Crippen molar-refractivity contribution in [3.63, 3.8) is 0 Å². The van der Waals surface area contributed by atoms with Crippen LogP contribution in [0.1, 0.15) is 25.3 Å². The summed E-state index contributed by atoms with van der Waals surface area (Å²) in [5, 5.41) is 12.5. The highest BCUT2D eigenvalue weighted by Crippen LogP contribution is 2.24. The Bertz CT molecular complexity index is 346. The number of para-hydroxylation sites is 1. The molecule has 0 bridgehead atoms. The molecule has 3 nitrogen and oxygen atoms in total. The van der Waals surface area contributed by atoms with E-state index in [1.807, 2.05) is 0 Å². The van der Waals surface area contributed by atoms with Crippen molar-refractivity contribution in [1.82, 2.24) is 5.32 Å². The molecule has 1 aliphatic rings. The van der Waals surface area contributed by atoms with E-state index in [0.29, 0.717) is 6.54 Å². The normalized spacial score (nSPS) is 17.4.